The van der Waals surface area contributed by atoms with Crippen LogP contribution in [0.2, 0.25) is 0 Å². The van der Waals surface area contributed by atoms with Gasteiger partial charge >= 0.3 is 0 Å². The molecule has 1 aliphatic carbocycles. The molecule has 1 fully saturated rings. The maximum atomic E-state index is 5.95. The minimum atomic E-state index is 0.431. The molecule has 0 saturated heterocycles. The third-order valence-corrected chi connectivity index (χ3v) is 3.36. The first-order valence-corrected chi connectivity index (χ1v) is 5.91. The third kappa shape index (κ3) is 2.90. The van der Waals surface area contributed by atoms with E-state index in [9.17, 15) is 0 Å². The van der Waals surface area contributed by atoms with Crippen LogP contribution in [0.1, 0.15) is 18.4 Å². The number of anilines is 1. The number of nitrogens with one attached hydrogen (secondary N) is 1. The lowest BCUT2D eigenvalue weighted by Gasteiger charge is -2.34. The molecule has 0 atom stereocenters. The molecule has 0 aromatic heterocycles. The third-order valence-electron chi connectivity index (χ3n) is 3.36. The van der Waals surface area contributed by atoms with Gasteiger partial charge in [0.05, 0.1) is 13.2 Å². The molecule has 1 aromatic carbocycles. The largest absolute Gasteiger partial charge is 0.497 e. The molecule has 4 heteroatoms. The van der Waals surface area contributed by atoms with E-state index in [1.165, 1.54) is 0 Å². The lowest BCUT2D eigenvalue weighted by atomic mass is 9.89. The molecule has 0 aliphatic heterocycles. The Kier molecular flexibility index (Phi) is 3.86. The Hall–Kier alpha value is -1.26. The van der Waals surface area contributed by atoms with Crippen molar-refractivity contribution in [2.24, 2.45) is 0 Å². The van der Waals surface area contributed by atoms with Crippen molar-refractivity contribution in [1.82, 2.24) is 5.32 Å². The predicted molar refractivity (Wildman–Crippen MR) is 68.1 cm³/mol. The van der Waals surface area contributed by atoms with Crippen LogP contribution in [0, 0.1) is 0 Å². The quantitative estimate of drug-likeness (QED) is 0.761. The molecule has 4 nitrogen and oxygen atoms in total. The van der Waals surface area contributed by atoms with Crippen LogP contribution in [0.3, 0.4) is 0 Å². The maximum Gasteiger partial charge on any atom is 0.120 e. The van der Waals surface area contributed by atoms with Crippen molar-refractivity contribution in [3.8, 4) is 5.75 Å². The maximum absolute atomic E-state index is 5.95. The molecule has 2 rings (SSSR count). The van der Waals surface area contributed by atoms with Crippen LogP contribution in [0.15, 0.2) is 18.2 Å². The summed E-state index contributed by atoms with van der Waals surface area (Å²) in [4.78, 5) is 0. The molecule has 17 heavy (non-hydrogen) atoms. The van der Waals surface area contributed by atoms with E-state index in [0.29, 0.717) is 12.1 Å². The van der Waals surface area contributed by atoms with Crippen LogP contribution in [0.5, 0.6) is 5.75 Å². The number of nitrogen functional groups attached to an aromatic ring is 1. The first kappa shape index (κ1) is 12.2. The highest BCUT2D eigenvalue weighted by Gasteiger charge is 2.28. The fraction of sp³-hybridized carbons (Fsp3) is 0.538. The van der Waals surface area contributed by atoms with Crippen LogP contribution in [-0.2, 0) is 11.3 Å². The Bertz CT molecular complexity index is 376. The molecule has 1 aromatic rings. The van der Waals surface area contributed by atoms with Gasteiger partial charge in [-0.15, -0.1) is 0 Å². The molecule has 0 radical (unpaired) electrons. The van der Waals surface area contributed by atoms with Crippen LogP contribution in [0.4, 0.5) is 5.69 Å². The van der Waals surface area contributed by atoms with Crippen molar-refractivity contribution in [1.29, 1.82) is 0 Å². The number of methoxy groups -OCH3 is 2. The molecule has 0 amide bonds. The number of ether oxygens (including phenoxy) is 2. The van der Waals surface area contributed by atoms with E-state index in [1.807, 2.05) is 18.2 Å². The summed E-state index contributed by atoms with van der Waals surface area (Å²) in [5.41, 5.74) is 7.85. The van der Waals surface area contributed by atoms with Gasteiger partial charge in [0, 0.05) is 31.5 Å². The molecule has 0 spiro atoms. The summed E-state index contributed by atoms with van der Waals surface area (Å²) in [6.07, 6.45) is 2.61. The van der Waals surface area contributed by atoms with Crippen molar-refractivity contribution in [2.45, 2.75) is 31.5 Å². The summed E-state index contributed by atoms with van der Waals surface area (Å²) in [5, 5.41) is 3.48. The summed E-state index contributed by atoms with van der Waals surface area (Å²) in [7, 11) is 3.41. The van der Waals surface area contributed by atoms with Gasteiger partial charge in [-0.2, -0.15) is 0 Å². The molecule has 0 unspecified atom stereocenters. The normalized spacial score (nSPS) is 23.2. The molecule has 1 saturated carbocycles. The van der Waals surface area contributed by atoms with Crippen LogP contribution in [-0.4, -0.2) is 26.4 Å². The lowest BCUT2D eigenvalue weighted by Crippen LogP contribution is -2.44. The number of nitrogens with two attached hydrogens (primary N) is 1. The summed E-state index contributed by atoms with van der Waals surface area (Å²) in [5.74, 6) is 0.800. The minimum absolute atomic E-state index is 0.431. The smallest absolute Gasteiger partial charge is 0.120 e. The second-order valence-electron chi connectivity index (χ2n) is 4.47. The number of benzene rings is 1. The summed E-state index contributed by atoms with van der Waals surface area (Å²) < 4.78 is 10.4. The van der Waals surface area contributed by atoms with E-state index in [0.717, 1.165) is 36.4 Å². The highest BCUT2D eigenvalue weighted by molar-refractivity contribution is 5.51. The highest BCUT2D eigenvalue weighted by Crippen LogP contribution is 2.24. The number of hydrogen-bond acceptors (Lipinski definition) is 4. The topological polar surface area (TPSA) is 56.5 Å². The van der Waals surface area contributed by atoms with Gasteiger partial charge < -0.3 is 20.5 Å². The monoisotopic (exact) mass is 236 g/mol. The van der Waals surface area contributed by atoms with Gasteiger partial charge in [-0.05, 0) is 24.5 Å². The second kappa shape index (κ2) is 5.38. The van der Waals surface area contributed by atoms with Crippen molar-refractivity contribution in [2.75, 3.05) is 20.0 Å². The molecular weight excluding hydrogens is 216 g/mol. The average molecular weight is 236 g/mol. The van der Waals surface area contributed by atoms with E-state index in [1.54, 1.807) is 14.2 Å². The van der Waals surface area contributed by atoms with E-state index in [-0.39, 0.29) is 0 Å². The molecule has 0 heterocycles. The molecule has 0 bridgehead atoms. The predicted octanol–water partition coefficient (Wildman–Crippen LogP) is 1.54. The van der Waals surface area contributed by atoms with E-state index >= 15 is 0 Å². The fourth-order valence-electron chi connectivity index (χ4n) is 2.04. The molecular formula is C13H20N2O2. The Morgan fingerprint density at radius 2 is 2.12 bits per heavy atom. The van der Waals surface area contributed by atoms with Crippen molar-refractivity contribution < 1.29 is 9.47 Å². The van der Waals surface area contributed by atoms with Gasteiger partial charge in [0.15, 0.2) is 0 Å². The number of rotatable bonds is 5. The van der Waals surface area contributed by atoms with E-state index in [4.69, 9.17) is 15.2 Å². The zero-order valence-corrected chi connectivity index (χ0v) is 10.4. The van der Waals surface area contributed by atoms with Gasteiger partial charge in [0.2, 0.25) is 0 Å². The molecule has 3 N–H and O–H groups in total. The fourth-order valence-corrected chi connectivity index (χ4v) is 2.04. The number of hydrogen-bond donors (Lipinski definition) is 2. The van der Waals surface area contributed by atoms with E-state index < -0.39 is 0 Å². The Morgan fingerprint density at radius 3 is 2.71 bits per heavy atom. The van der Waals surface area contributed by atoms with Gasteiger partial charge in [-0.25, -0.2) is 0 Å². The first-order chi connectivity index (χ1) is 8.22. The summed E-state index contributed by atoms with van der Waals surface area (Å²) >= 11 is 0. The van der Waals surface area contributed by atoms with Crippen molar-refractivity contribution >= 4 is 5.69 Å². The van der Waals surface area contributed by atoms with Gasteiger partial charge in [-0.3, -0.25) is 0 Å². The van der Waals surface area contributed by atoms with Crippen LogP contribution in [0.25, 0.3) is 0 Å². The standard InChI is InChI=1S/C13H20N2O2/c1-16-11-4-3-9(13(14)7-11)8-15-10-5-12(6-10)17-2/h3-4,7,10,12,15H,5-6,8,14H2,1-2H3. The van der Waals surface area contributed by atoms with Crippen molar-refractivity contribution in [3.63, 3.8) is 0 Å². The van der Waals surface area contributed by atoms with Crippen molar-refractivity contribution in [3.05, 3.63) is 23.8 Å². The Balaban J connectivity index is 1.83. The Labute approximate surface area is 102 Å². The lowest BCUT2D eigenvalue weighted by molar-refractivity contribution is 0.0170. The average Bonchev–Trinajstić information content (AvgIpc) is 2.29. The Morgan fingerprint density at radius 1 is 1.35 bits per heavy atom. The van der Waals surface area contributed by atoms with Gasteiger partial charge in [-0.1, -0.05) is 6.07 Å². The van der Waals surface area contributed by atoms with Crippen LogP contribution >= 0.6 is 0 Å². The highest BCUT2D eigenvalue weighted by atomic mass is 16.5. The second-order valence-corrected chi connectivity index (χ2v) is 4.47. The molecule has 94 valence electrons. The summed E-state index contributed by atoms with van der Waals surface area (Å²) in [6.45, 7) is 0.803. The first-order valence-electron chi connectivity index (χ1n) is 5.91. The zero-order valence-electron chi connectivity index (χ0n) is 10.4. The zero-order chi connectivity index (χ0) is 12.3. The minimum Gasteiger partial charge on any atom is -0.497 e. The summed E-state index contributed by atoms with van der Waals surface area (Å²) in [6, 6.07) is 6.36. The van der Waals surface area contributed by atoms with Crippen LogP contribution < -0.4 is 15.8 Å². The van der Waals surface area contributed by atoms with E-state index in [2.05, 4.69) is 5.32 Å². The molecule has 1 aliphatic rings. The SMILES string of the molecule is COc1ccc(CNC2CC(OC)C2)c(N)c1. The van der Waals surface area contributed by atoms with Gasteiger partial charge in [0.25, 0.3) is 0 Å². The van der Waals surface area contributed by atoms with Gasteiger partial charge in [0.1, 0.15) is 5.75 Å².